The van der Waals surface area contributed by atoms with Crippen molar-refractivity contribution < 1.29 is 9.13 Å². The quantitative estimate of drug-likeness (QED) is 0.581. The summed E-state index contributed by atoms with van der Waals surface area (Å²) in [5, 5.41) is 0.177. The molecule has 5 nitrogen and oxygen atoms in total. The molecule has 28 heavy (non-hydrogen) atoms. The summed E-state index contributed by atoms with van der Waals surface area (Å²) in [4.78, 5) is 16.2. The molecule has 0 aliphatic carbocycles. The fourth-order valence-electron chi connectivity index (χ4n) is 2.82. The molecule has 0 radical (unpaired) electrons. The van der Waals surface area contributed by atoms with Gasteiger partial charge in [-0.3, -0.25) is 4.79 Å². The van der Waals surface area contributed by atoms with Crippen molar-refractivity contribution in [1.29, 1.82) is 0 Å². The third-order valence-corrected chi connectivity index (χ3v) is 5.06. The Kier molecular flexibility index (Phi) is 5.91. The van der Waals surface area contributed by atoms with Gasteiger partial charge < -0.3 is 15.0 Å². The Hall–Kier alpha value is -2.57. The summed E-state index contributed by atoms with van der Waals surface area (Å²) in [7, 11) is 0. The average Bonchev–Trinajstić information content (AvgIpc) is 2.66. The van der Waals surface area contributed by atoms with Gasteiger partial charge in [0.25, 0.3) is 5.56 Å². The zero-order valence-corrected chi connectivity index (χ0v) is 16.8. The highest BCUT2D eigenvalue weighted by Crippen LogP contribution is 2.36. The monoisotopic (exact) mass is 421 g/mol. The van der Waals surface area contributed by atoms with Gasteiger partial charge in [0.1, 0.15) is 11.9 Å². The minimum absolute atomic E-state index is 0.106. The van der Waals surface area contributed by atoms with Gasteiger partial charge in [-0.05, 0) is 43.7 Å². The number of benzene rings is 1. The minimum Gasteiger partial charge on any atom is -0.482 e. The Morgan fingerprint density at radius 2 is 2.00 bits per heavy atom. The molecule has 2 aromatic heterocycles. The molecule has 2 N–H and O–H groups in total. The van der Waals surface area contributed by atoms with Crippen molar-refractivity contribution in [2.75, 3.05) is 5.73 Å². The molecule has 146 valence electrons. The maximum atomic E-state index is 13.8. The van der Waals surface area contributed by atoms with Gasteiger partial charge in [0.2, 0.25) is 0 Å². The van der Waals surface area contributed by atoms with Crippen molar-refractivity contribution in [3.05, 3.63) is 74.5 Å². The van der Waals surface area contributed by atoms with E-state index in [1.54, 1.807) is 30.0 Å². The van der Waals surface area contributed by atoms with Gasteiger partial charge in [-0.25, -0.2) is 9.37 Å². The zero-order chi connectivity index (χ0) is 20.4. The Labute approximate surface area is 171 Å². The molecule has 1 aromatic carbocycles. The molecular weight excluding hydrogens is 404 g/mol. The van der Waals surface area contributed by atoms with Gasteiger partial charge in [0, 0.05) is 41.2 Å². The number of pyridine rings is 2. The van der Waals surface area contributed by atoms with Gasteiger partial charge in [0.15, 0.2) is 11.6 Å². The lowest BCUT2D eigenvalue weighted by Gasteiger charge is -2.19. The van der Waals surface area contributed by atoms with E-state index in [1.807, 2.05) is 13.0 Å². The van der Waals surface area contributed by atoms with Crippen molar-refractivity contribution in [1.82, 2.24) is 9.55 Å². The van der Waals surface area contributed by atoms with Gasteiger partial charge in [-0.2, -0.15) is 0 Å². The number of nitrogens with zero attached hydrogens (tertiary/aromatic N) is 2. The Morgan fingerprint density at radius 3 is 2.68 bits per heavy atom. The molecule has 0 bridgehead atoms. The largest absolute Gasteiger partial charge is 0.482 e. The molecule has 0 saturated carbocycles. The van der Waals surface area contributed by atoms with E-state index in [0.717, 1.165) is 0 Å². The van der Waals surface area contributed by atoms with Crippen molar-refractivity contribution in [3.8, 4) is 16.9 Å². The number of halogens is 3. The lowest BCUT2D eigenvalue weighted by Crippen LogP contribution is -2.17. The summed E-state index contributed by atoms with van der Waals surface area (Å²) in [5.41, 5.74) is 7.47. The van der Waals surface area contributed by atoms with Crippen LogP contribution in [-0.2, 0) is 6.54 Å². The molecule has 0 aliphatic heterocycles. The molecule has 0 unspecified atom stereocenters. The first-order valence-electron chi connectivity index (χ1n) is 8.58. The van der Waals surface area contributed by atoms with E-state index in [-0.39, 0.29) is 27.2 Å². The number of hydrogen-bond acceptors (Lipinski definition) is 4. The summed E-state index contributed by atoms with van der Waals surface area (Å²) < 4.78 is 21.3. The third kappa shape index (κ3) is 3.98. The summed E-state index contributed by atoms with van der Waals surface area (Å²) in [6.45, 7) is 4.16. The van der Waals surface area contributed by atoms with Crippen LogP contribution < -0.4 is 16.0 Å². The van der Waals surface area contributed by atoms with E-state index >= 15 is 0 Å². The summed E-state index contributed by atoms with van der Waals surface area (Å²) in [6, 6.07) is 7.61. The van der Waals surface area contributed by atoms with Crippen LogP contribution in [0.2, 0.25) is 10.0 Å². The first-order chi connectivity index (χ1) is 13.3. The number of nitrogens with two attached hydrogens (primary N) is 1. The second-order valence-corrected chi connectivity index (χ2v) is 6.95. The van der Waals surface area contributed by atoms with Crippen LogP contribution in [0.25, 0.3) is 11.1 Å². The standard InChI is InChI=1S/C20H18Cl2FN3O2/c1-3-26-7-6-12(9-17(26)27)13-8-16(20(24)25-10-13)28-11(2)18-14(21)4-5-15(23)19(18)22/h4-11H,3H2,1-2H3,(H2,24,25)/t11-/m1/s1. The lowest BCUT2D eigenvalue weighted by molar-refractivity contribution is 0.227. The van der Waals surface area contributed by atoms with Crippen LogP contribution in [0.4, 0.5) is 10.2 Å². The molecule has 0 saturated heterocycles. The van der Waals surface area contributed by atoms with E-state index in [2.05, 4.69) is 4.98 Å². The SMILES string of the molecule is CCn1ccc(-c2cnc(N)c(O[C@H](C)c3c(Cl)ccc(F)c3Cl)c2)cc1=O. The molecular formula is C20H18Cl2FN3O2. The van der Waals surface area contributed by atoms with Gasteiger partial charge >= 0.3 is 0 Å². The van der Waals surface area contributed by atoms with E-state index in [4.69, 9.17) is 33.7 Å². The third-order valence-electron chi connectivity index (χ3n) is 4.34. The molecule has 0 spiro atoms. The molecule has 1 atom stereocenters. The number of aryl methyl sites for hydroxylation is 1. The van der Waals surface area contributed by atoms with Crippen molar-refractivity contribution in [3.63, 3.8) is 0 Å². The molecule has 2 heterocycles. The Morgan fingerprint density at radius 1 is 1.25 bits per heavy atom. The van der Waals surface area contributed by atoms with E-state index < -0.39 is 11.9 Å². The lowest BCUT2D eigenvalue weighted by atomic mass is 10.1. The normalized spacial score (nSPS) is 12.0. The van der Waals surface area contributed by atoms with Crippen LogP contribution in [0.5, 0.6) is 5.75 Å². The van der Waals surface area contributed by atoms with Crippen LogP contribution in [-0.4, -0.2) is 9.55 Å². The van der Waals surface area contributed by atoms with Gasteiger partial charge in [-0.15, -0.1) is 0 Å². The van der Waals surface area contributed by atoms with Crippen LogP contribution in [0.1, 0.15) is 25.5 Å². The Bertz CT molecular complexity index is 1090. The van der Waals surface area contributed by atoms with Crippen LogP contribution in [0, 0.1) is 5.82 Å². The van der Waals surface area contributed by atoms with E-state index in [0.29, 0.717) is 23.2 Å². The zero-order valence-electron chi connectivity index (χ0n) is 15.2. The molecule has 0 fully saturated rings. The van der Waals surface area contributed by atoms with Crippen molar-refractivity contribution in [2.45, 2.75) is 26.5 Å². The van der Waals surface area contributed by atoms with E-state index in [1.165, 1.54) is 18.2 Å². The number of ether oxygens (including phenoxy) is 1. The topological polar surface area (TPSA) is 70.1 Å². The molecule has 0 aliphatic rings. The number of rotatable bonds is 5. The second kappa shape index (κ2) is 8.20. The van der Waals surface area contributed by atoms with Crippen molar-refractivity contribution in [2.24, 2.45) is 0 Å². The number of aromatic nitrogens is 2. The van der Waals surface area contributed by atoms with Crippen LogP contribution in [0.3, 0.4) is 0 Å². The molecule has 8 heteroatoms. The summed E-state index contributed by atoms with van der Waals surface area (Å²) in [6.07, 6.45) is 2.59. The molecule has 3 aromatic rings. The van der Waals surface area contributed by atoms with Crippen LogP contribution >= 0.6 is 23.2 Å². The highest BCUT2D eigenvalue weighted by molar-refractivity contribution is 6.36. The fraction of sp³-hybridized carbons (Fsp3) is 0.200. The molecule has 0 amide bonds. The maximum Gasteiger partial charge on any atom is 0.251 e. The highest BCUT2D eigenvalue weighted by Gasteiger charge is 2.20. The predicted octanol–water partition coefficient (Wildman–Crippen LogP) is 5.10. The first kappa shape index (κ1) is 20.2. The predicted molar refractivity (Wildman–Crippen MR) is 109 cm³/mol. The van der Waals surface area contributed by atoms with Gasteiger partial charge in [0.05, 0.1) is 5.02 Å². The van der Waals surface area contributed by atoms with E-state index in [9.17, 15) is 9.18 Å². The average molecular weight is 422 g/mol. The van der Waals surface area contributed by atoms with Crippen molar-refractivity contribution >= 4 is 29.0 Å². The fourth-order valence-corrected chi connectivity index (χ4v) is 3.50. The Balaban J connectivity index is 1.96. The second-order valence-electron chi connectivity index (χ2n) is 6.16. The maximum absolute atomic E-state index is 13.8. The number of hydrogen-bond donors (Lipinski definition) is 1. The number of nitrogen functional groups attached to an aromatic ring is 1. The highest BCUT2D eigenvalue weighted by atomic mass is 35.5. The summed E-state index contributed by atoms with van der Waals surface area (Å²) >= 11 is 12.2. The minimum atomic E-state index is -0.678. The first-order valence-corrected chi connectivity index (χ1v) is 9.33. The molecule has 3 rings (SSSR count). The number of anilines is 1. The smallest absolute Gasteiger partial charge is 0.251 e. The van der Waals surface area contributed by atoms with Crippen LogP contribution in [0.15, 0.2) is 47.5 Å². The summed E-state index contributed by atoms with van der Waals surface area (Å²) in [5.74, 6) is -0.157. The van der Waals surface area contributed by atoms with Gasteiger partial charge in [-0.1, -0.05) is 23.2 Å².